The van der Waals surface area contributed by atoms with Gasteiger partial charge < -0.3 is 9.32 Å². The average Bonchev–Trinajstić information content (AvgIpc) is 3.51. The van der Waals surface area contributed by atoms with Crippen LogP contribution in [0.5, 0.6) is 0 Å². The highest BCUT2D eigenvalue weighted by atomic mass is 35.5. The molecule has 38 heavy (non-hydrogen) atoms. The summed E-state index contributed by atoms with van der Waals surface area (Å²) in [6.07, 6.45) is 1.60. The van der Waals surface area contributed by atoms with Crippen molar-refractivity contribution in [2.75, 3.05) is 16.3 Å². The maximum absolute atomic E-state index is 14.5. The average molecular weight is 560 g/mol. The number of thiazole rings is 1. The Bertz CT molecular complexity index is 1950. The summed E-state index contributed by atoms with van der Waals surface area (Å²) in [5.74, 6) is -1.31. The quantitative estimate of drug-likeness (QED) is 0.248. The fourth-order valence-corrected chi connectivity index (χ4v) is 6.89. The van der Waals surface area contributed by atoms with E-state index < -0.39 is 22.8 Å². The number of anilines is 2. The van der Waals surface area contributed by atoms with Crippen molar-refractivity contribution in [1.82, 2.24) is 4.98 Å². The number of hydrogen-bond acceptors (Lipinski definition) is 6. The number of hydrogen-bond donors (Lipinski definition) is 0. The zero-order chi connectivity index (χ0) is 26.3. The number of rotatable bonds is 3. The van der Waals surface area contributed by atoms with Crippen molar-refractivity contribution in [1.29, 1.82) is 0 Å². The third-order valence-corrected chi connectivity index (χ3v) is 8.40. The number of fused-ring (bicyclic) bond motifs is 6. The second-order valence-electron chi connectivity index (χ2n) is 8.96. The Hall–Kier alpha value is -3.98. The van der Waals surface area contributed by atoms with E-state index in [-0.39, 0.29) is 34.0 Å². The number of carbonyl (C=O) groups excluding carboxylic acids is 2. The normalized spacial score (nSPS) is 18.2. The molecule has 0 bridgehead atoms. The van der Waals surface area contributed by atoms with Gasteiger partial charge in [0.2, 0.25) is 5.76 Å². The SMILES string of the molecule is C=CCN1C(=O)C2(c3ccccc31)c1c(oc3ccc(Cl)cc3c1=O)C(=O)N2c1nc2ccc(Cl)cc2s1. The van der Waals surface area contributed by atoms with Gasteiger partial charge in [0.15, 0.2) is 16.1 Å². The summed E-state index contributed by atoms with van der Waals surface area (Å²) < 4.78 is 6.78. The number of nitrogens with zero attached hydrogens (tertiary/aromatic N) is 3. The molecule has 0 N–H and O–H groups in total. The maximum atomic E-state index is 14.5. The lowest BCUT2D eigenvalue weighted by atomic mass is 9.84. The molecule has 7 nitrogen and oxygen atoms in total. The molecule has 4 heterocycles. The molecule has 1 atom stereocenters. The molecule has 3 aromatic carbocycles. The molecule has 0 aliphatic carbocycles. The Kier molecular flexibility index (Phi) is 4.88. The third-order valence-electron chi connectivity index (χ3n) is 6.93. The minimum Gasteiger partial charge on any atom is -0.450 e. The first-order valence-electron chi connectivity index (χ1n) is 11.6. The highest BCUT2D eigenvalue weighted by Gasteiger charge is 2.66. The van der Waals surface area contributed by atoms with Crippen molar-refractivity contribution in [3.8, 4) is 0 Å². The van der Waals surface area contributed by atoms with Crippen LogP contribution in [-0.4, -0.2) is 23.3 Å². The zero-order valence-corrected chi connectivity index (χ0v) is 21.7. The van der Waals surface area contributed by atoms with E-state index in [9.17, 15) is 14.4 Å². The first kappa shape index (κ1) is 23.2. The number of carbonyl (C=O) groups is 2. The first-order chi connectivity index (χ1) is 18.4. The molecule has 0 fully saturated rings. The maximum Gasteiger partial charge on any atom is 0.297 e. The van der Waals surface area contributed by atoms with E-state index in [1.165, 1.54) is 33.3 Å². The molecule has 5 aromatic rings. The molecule has 186 valence electrons. The van der Waals surface area contributed by atoms with Crippen molar-refractivity contribution >= 4 is 78.4 Å². The number of para-hydroxylation sites is 1. The molecule has 0 saturated carbocycles. The van der Waals surface area contributed by atoms with Gasteiger partial charge in [0.25, 0.3) is 11.8 Å². The molecule has 2 aliphatic heterocycles. The van der Waals surface area contributed by atoms with Crippen LogP contribution in [0, 0.1) is 0 Å². The third kappa shape index (κ3) is 2.85. The lowest BCUT2D eigenvalue weighted by Crippen LogP contribution is -2.53. The monoisotopic (exact) mass is 559 g/mol. The van der Waals surface area contributed by atoms with Gasteiger partial charge in [-0.05, 0) is 42.5 Å². The van der Waals surface area contributed by atoms with E-state index in [0.717, 1.165) is 4.70 Å². The minimum atomic E-state index is -1.83. The van der Waals surface area contributed by atoms with Gasteiger partial charge in [-0.3, -0.25) is 19.3 Å². The Balaban J connectivity index is 1.63. The van der Waals surface area contributed by atoms with Crippen LogP contribution in [0.25, 0.3) is 21.2 Å². The summed E-state index contributed by atoms with van der Waals surface area (Å²) in [6, 6.07) is 16.9. The van der Waals surface area contributed by atoms with E-state index >= 15 is 0 Å². The van der Waals surface area contributed by atoms with Gasteiger partial charge >= 0.3 is 0 Å². The van der Waals surface area contributed by atoms with Crippen LogP contribution >= 0.6 is 34.5 Å². The van der Waals surface area contributed by atoms with E-state index in [4.69, 9.17) is 27.6 Å². The van der Waals surface area contributed by atoms with Crippen molar-refractivity contribution in [3.63, 3.8) is 0 Å². The van der Waals surface area contributed by atoms with Gasteiger partial charge in [0, 0.05) is 22.2 Å². The Morgan fingerprint density at radius 1 is 1.03 bits per heavy atom. The number of benzene rings is 3. The van der Waals surface area contributed by atoms with Gasteiger partial charge in [-0.15, -0.1) is 6.58 Å². The Morgan fingerprint density at radius 3 is 2.61 bits per heavy atom. The predicted octanol–water partition coefficient (Wildman–Crippen LogP) is 6.15. The van der Waals surface area contributed by atoms with Gasteiger partial charge in [-0.2, -0.15) is 0 Å². The van der Waals surface area contributed by atoms with Crippen molar-refractivity contribution in [3.05, 3.63) is 110 Å². The molecular weight excluding hydrogens is 545 g/mol. The van der Waals surface area contributed by atoms with Crippen LogP contribution < -0.4 is 15.2 Å². The largest absolute Gasteiger partial charge is 0.450 e. The van der Waals surface area contributed by atoms with Crippen molar-refractivity contribution < 1.29 is 14.0 Å². The van der Waals surface area contributed by atoms with Crippen molar-refractivity contribution in [2.45, 2.75) is 5.54 Å². The topological polar surface area (TPSA) is 83.7 Å². The Morgan fingerprint density at radius 2 is 1.79 bits per heavy atom. The van der Waals surface area contributed by atoms with Crippen LogP contribution in [0.3, 0.4) is 0 Å². The molecule has 10 heteroatoms. The summed E-state index contributed by atoms with van der Waals surface area (Å²) in [5.41, 5.74) is -0.554. The van der Waals surface area contributed by atoms with Crippen LogP contribution in [0.15, 0.2) is 82.5 Å². The summed E-state index contributed by atoms with van der Waals surface area (Å²) in [6.45, 7) is 3.97. The standard InChI is InChI=1S/C28H15Cl2N3O4S/c1-2-11-32-19-6-4-3-5-17(19)28(26(32)36)22-23(34)16-12-14(29)8-10-20(16)37-24(22)25(35)33(28)27-31-18-9-7-15(30)13-21(18)38-27/h2-10,12-13H,1,11H2. The van der Waals surface area contributed by atoms with Gasteiger partial charge in [0.05, 0.1) is 26.9 Å². The van der Waals surface area contributed by atoms with E-state index in [1.54, 1.807) is 54.6 Å². The summed E-state index contributed by atoms with van der Waals surface area (Å²) in [4.78, 5) is 50.4. The fraction of sp³-hybridized carbons (Fsp3) is 0.0714. The predicted molar refractivity (Wildman–Crippen MR) is 149 cm³/mol. The number of amides is 2. The zero-order valence-electron chi connectivity index (χ0n) is 19.4. The van der Waals surface area contributed by atoms with Crippen LogP contribution in [-0.2, 0) is 10.3 Å². The Labute approximate surface area is 229 Å². The van der Waals surface area contributed by atoms with Gasteiger partial charge in [-0.1, -0.05) is 58.8 Å². The van der Waals surface area contributed by atoms with Gasteiger partial charge in [0.1, 0.15) is 5.58 Å². The number of aromatic nitrogens is 1. The molecule has 1 unspecified atom stereocenters. The summed E-state index contributed by atoms with van der Waals surface area (Å²) in [5, 5.41) is 1.25. The lowest BCUT2D eigenvalue weighted by molar-refractivity contribution is -0.121. The van der Waals surface area contributed by atoms with Crippen LogP contribution in [0.1, 0.15) is 21.7 Å². The molecule has 0 radical (unpaired) electrons. The van der Waals surface area contributed by atoms with Gasteiger partial charge in [-0.25, -0.2) is 4.98 Å². The molecule has 2 amide bonds. The second kappa shape index (κ2) is 8.01. The highest BCUT2D eigenvalue weighted by molar-refractivity contribution is 7.22. The number of halogens is 2. The molecule has 2 aromatic heterocycles. The summed E-state index contributed by atoms with van der Waals surface area (Å²) in [7, 11) is 0. The minimum absolute atomic E-state index is 0.0569. The summed E-state index contributed by atoms with van der Waals surface area (Å²) >= 11 is 13.6. The molecule has 1 spiro atoms. The molecule has 0 saturated heterocycles. The van der Waals surface area contributed by atoms with E-state index in [2.05, 4.69) is 11.6 Å². The second-order valence-corrected chi connectivity index (χ2v) is 10.8. The first-order valence-corrected chi connectivity index (χ1v) is 13.1. The smallest absolute Gasteiger partial charge is 0.297 e. The lowest BCUT2D eigenvalue weighted by Gasteiger charge is -2.32. The van der Waals surface area contributed by atoms with E-state index in [0.29, 0.717) is 26.8 Å². The van der Waals surface area contributed by atoms with Crippen molar-refractivity contribution in [2.24, 2.45) is 0 Å². The van der Waals surface area contributed by atoms with E-state index in [1.807, 2.05) is 0 Å². The van der Waals surface area contributed by atoms with Crippen LogP contribution in [0.4, 0.5) is 10.8 Å². The molecule has 7 rings (SSSR count). The molecule has 2 aliphatic rings. The molecular formula is C28H15Cl2N3O4S. The van der Waals surface area contributed by atoms with Crippen LogP contribution in [0.2, 0.25) is 10.0 Å². The fourth-order valence-electron chi connectivity index (χ4n) is 5.43. The highest BCUT2D eigenvalue weighted by Crippen LogP contribution is 2.54.